The number of hydrogen-bond donors (Lipinski definition) is 1. The van der Waals surface area contributed by atoms with Gasteiger partial charge in [0.2, 0.25) is 0 Å². The number of ether oxygens (including phenoxy) is 2. The smallest absolute Gasteiger partial charge is 0.269 e. The first-order valence-electron chi connectivity index (χ1n) is 12.9. The van der Waals surface area contributed by atoms with Gasteiger partial charge in [0.25, 0.3) is 5.69 Å². The Labute approximate surface area is 241 Å². The molecule has 0 amide bonds. The predicted octanol–water partition coefficient (Wildman–Crippen LogP) is 6.76. The molecule has 0 unspecified atom stereocenters. The van der Waals surface area contributed by atoms with Crippen LogP contribution in [0.1, 0.15) is 23.5 Å². The van der Waals surface area contributed by atoms with Crippen LogP contribution in [-0.4, -0.2) is 26.7 Å². The number of pyridine rings is 1. The molecule has 41 heavy (non-hydrogen) atoms. The molecule has 6 rings (SSSR count). The molecule has 204 valence electrons. The van der Waals surface area contributed by atoms with Crippen molar-refractivity contribution in [3.8, 4) is 22.9 Å². The highest BCUT2D eigenvalue weighted by Gasteiger charge is 2.42. The molecule has 0 saturated carbocycles. The van der Waals surface area contributed by atoms with Crippen molar-refractivity contribution in [1.82, 2.24) is 14.9 Å². The molecule has 3 aromatic carbocycles. The molecule has 0 bridgehead atoms. The molecule has 2 atom stereocenters. The van der Waals surface area contributed by atoms with Gasteiger partial charge >= 0.3 is 0 Å². The van der Waals surface area contributed by atoms with E-state index in [2.05, 4.69) is 15.2 Å². The lowest BCUT2D eigenvalue weighted by atomic mass is 10.0. The summed E-state index contributed by atoms with van der Waals surface area (Å²) in [4.78, 5) is 17.5. The van der Waals surface area contributed by atoms with E-state index in [1.165, 1.54) is 12.1 Å². The number of hydrogen-bond acceptors (Lipinski definition) is 6. The third kappa shape index (κ3) is 5.20. The van der Waals surface area contributed by atoms with Gasteiger partial charge in [-0.2, -0.15) is 0 Å². The van der Waals surface area contributed by atoms with Crippen LogP contribution in [0.25, 0.3) is 5.69 Å². The van der Waals surface area contributed by atoms with E-state index >= 15 is 0 Å². The molecule has 0 aliphatic carbocycles. The van der Waals surface area contributed by atoms with E-state index < -0.39 is 4.92 Å². The lowest BCUT2D eigenvalue weighted by Gasteiger charge is -2.29. The molecular weight excluding hydrogens is 538 g/mol. The average molecular weight is 564 g/mol. The molecule has 0 radical (unpaired) electrons. The molecule has 0 spiro atoms. The lowest BCUT2D eigenvalue weighted by Crippen LogP contribution is -2.30. The van der Waals surface area contributed by atoms with E-state index in [1.807, 2.05) is 89.6 Å². The predicted molar refractivity (Wildman–Crippen MR) is 160 cm³/mol. The Bertz CT molecular complexity index is 1670. The van der Waals surface area contributed by atoms with Crippen LogP contribution in [0.15, 0.2) is 116 Å². The van der Waals surface area contributed by atoms with Gasteiger partial charge in [0.15, 0.2) is 5.11 Å². The summed E-state index contributed by atoms with van der Waals surface area (Å²) in [7, 11) is 1.63. The highest BCUT2D eigenvalue weighted by molar-refractivity contribution is 7.80. The second-order valence-electron chi connectivity index (χ2n) is 9.34. The summed E-state index contributed by atoms with van der Waals surface area (Å²) in [6, 6.07) is 30.9. The van der Waals surface area contributed by atoms with Gasteiger partial charge in [0.1, 0.15) is 23.3 Å². The lowest BCUT2D eigenvalue weighted by molar-refractivity contribution is -0.384. The van der Waals surface area contributed by atoms with Crippen molar-refractivity contribution in [1.29, 1.82) is 0 Å². The van der Waals surface area contributed by atoms with Crippen molar-refractivity contribution in [2.45, 2.75) is 12.1 Å². The van der Waals surface area contributed by atoms with Crippen LogP contribution >= 0.6 is 12.2 Å². The van der Waals surface area contributed by atoms with Crippen LogP contribution in [0.2, 0.25) is 0 Å². The zero-order valence-corrected chi connectivity index (χ0v) is 22.8. The first-order chi connectivity index (χ1) is 20.0. The minimum atomic E-state index is -0.402. The fraction of sp³-hybridized carbons (Fsp3) is 0.0968. The fourth-order valence-corrected chi connectivity index (χ4v) is 5.34. The second-order valence-corrected chi connectivity index (χ2v) is 9.73. The number of aromatic nitrogens is 2. The molecule has 5 aromatic rings. The Morgan fingerprint density at radius 1 is 0.854 bits per heavy atom. The summed E-state index contributed by atoms with van der Waals surface area (Å²) >= 11 is 5.88. The van der Waals surface area contributed by atoms with Gasteiger partial charge < -0.3 is 24.3 Å². The van der Waals surface area contributed by atoms with Gasteiger partial charge in [-0.05, 0) is 97.1 Å². The van der Waals surface area contributed by atoms with Crippen molar-refractivity contribution in [2.24, 2.45) is 0 Å². The van der Waals surface area contributed by atoms with Crippen LogP contribution in [0.3, 0.4) is 0 Å². The molecule has 9 nitrogen and oxygen atoms in total. The molecule has 1 aliphatic rings. The first-order valence-corrected chi connectivity index (χ1v) is 13.3. The molecular formula is C31H25N5O4S. The summed E-state index contributed by atoms with van der Waals surface area (Å²) in [5, 5.41) is 15.2. The number of nitrogens with one attached hydrogen (secondary N) is 1. The van der Waals surface area contributed by atoms with E-state index in [4.69, 9.17) is 21.7 Å². The van der Waals surface area contributed by atoms with Gasteiger partial charge in [-0.15, -0.1) is 0 Å². The minimum absolute atomic E-state index is 0.0381. The Morgan fingerprint density at radius 3 is 2.15 bits per heavy atom. The van der Waals surface area contributed by atoms with Crippen molar-refractivity contribution in [3.63, 3.8) is 0 Å². The molecule has 3 heterocycles. The number of rotatable bonds is 8. The van der Waals surface area contributed by atoms with E-state index in [1.54, 1.807) is 25.4 Å². The molecule has 2 aromatic heterocycles. The van der Waals surface area contributed by atoms with E-state index in [0.29, 0.717) is 16.6 Å². The van der Waals surface area contributed by atoms with Gasteiger partial charge in [-0.25, -0.2) is 0 Å². The average Bonchev–Trinajstić information content (AvgIpc) is 3.63. The Hall–Kier alpha value is -5.22. The zero-order chi connectivity index (χ0) is 28.3. The summed E-state index contributed by atoms with van der Waals surface area (Å²) < 4.78 is 13.3. The Kier molecular flexibility index (Phi) is 7.05. The molecule has 1 fully saturated rings. The highest BCUT2D eigenvalue weighted by atomic mass is 32.1. The second kappa shape index (κ2) is 11.1. The highest BCUT2D eigenvalue weighted by Crippen LogP contribution is 2.42. The normalized spacial score (nSPS) is 16.3. The summed E-state index contributed by atoms with van der Waals surface area (Å²) in [5.41, 5.74) is 3.51. The van der Waals surface area contributed by atoms with Gasteiger partial charge in [-0.3, -0.25) is 15.1 Å². The molecule has 1 N–H and O–H groups in total. The Balaban J connectivity index is 1.36. The summed E-state index contributed by atoms with van der Waals surface area (Å²) in [6.07, 6.45) is 3.71. The maximum Gasteiger partial charge on any atom is 0.269 e. The topological polar surface area (TPSA) is 94.7 Å². The van der Waals surface area contributed by atoms with Gasteiger partial charge in [-0.1, -0.05) is 6.07 Å². The molecule has 10 heteroatoms. The zero-order valence-electron chi connectivity index (χ0n) is 22.0. The van der Waals surface area contributed by atoms with Crippen LogP contribution in [0.5, 0.6) is 17.2 Å². The van der Waals surface area contributed by atoms with Crippen molar-refractivity contribution >= 4 is 28.7 Å². The number of methoxy groups -OCH3 is 1. The Morgan fingerprint density at radius 2 is 1.51 bits per heavy atom. The number of benzene rings is 3. The van der Waals surface area contributed by atoms with E-state index in [0.717, 1.165) is 28.5 Å². The van der Waals surface area contributed by atoms with E-state index in [9.17, 15) is 10.1 Å². The van der Waals surface area contributed by atoms with Crippen molar-refractivity contribution in [2.75, 3.05) is 12.0 Å². The maximum atomic E-state index is 11.2. The van der Waals surface area contributed by atoms with Gasteiger partial charge in [0.05, 0.1) is 23.8 Å². The van der Waals surface area contributed by atoms with E-state index in [-0.39, 0.29) is 17.8 Å². The maximum absolute atomic E-state index is 11.2. The van der Waals surface area contributed by atoms with Crippen molar-refractivity contribution < 1.29 is 14.4 Å². The van der Waals surface area contributed by atoms with Crippen LogP contribution in [-0.2, 0) is 0 Å². The largest absolute Gasteiger partial charge is 0.497 e. The molecule has 1 aliphatic heterocycles. The number of non-ortho nitro benzene ring substituents is 1. The van der Waals surface area contributed by atoms with Crippen LogP contribution in [0, 0.1) is 10.1 Å². The summed E-state index contributed by atoms with van der Waals surface area (Å²) in [6.45, 7) is 0. The summed E-state index contributed by atoms with van der Waals surface area (Å²) in [5.74, 6) is 2.14. The number of thiocarbonyl (C=S) groups is 1. The monoisotopic (exact) mass is 563 g/mol. The number of nitrogens with zero attached hydrogens (tertiary/aromatic N) is 4. The van der Waals surface area contributed by atoms with Crippen LogP contribution < -0.4 is 19.7 Å². The van der Waals surface area contributed by atoms with Crippen LogP contribution in [0.4, 0.5) is 11.4 Å². The fourth-order valence-electron chi connectivity index (χ4n) is 4.99. The van der Waals surface area contributed by atoms with Gasteiger partial charge in [0, 0.05) is 41.6 Å². The SMILES string of the molecule is COc1ccc(Oc2ccc(N3C(=S)N[C@H](c4ccccn4)[C@@H]3c3cccn3-c3ccc([N+](=O)[O-])cc3)cc2)cc1. The first kappa shape index (κ1) is 26.0. The quantitative estimate of drug-likeness (QED) is 0.126. The van der Waals surface area contributed by atoms with Crippen molar-refractivity contribution in [3.05, 3.63) is 137 Å². The number of anilines is 1. The third-order valence-electron chi connectivity index (χ3n) is 6.93. The number of nitro groups is 1. The third-order valence-corrected chi connectivity index (χ3v) is 7.24. The minimum Gasteiger partial charge on any atom is -0.497 e. The standard InChI is InChI=1S/C31H25N5O4S/c1-39-24-15-17-26(18-16-24)40-25-13-11-22(12-14-25)35-30(29(33-31(35)41)27-5-2-3-19-32-27)28-6-4-20-34(28)21-7-9-23(10-8-21)36(37)38/h2-20,29-30H,1H3,(H,33,41)/t29-,30+/m1/s1. The molecule has 1 saturated heterocycles. The number of nitro benzene ring substituents is 1.